The van der Waals surface area contributed by atoms with Crippen LogP contribution in [0.3, 0.4) is 0 Å². The lowest BCUT2D eigenvalue weighted by atomic mass is 10.0. The Morgan fingerprint density at radius 1 is 0.789 bits per heavy atom. The van der Waals surface area contributed by atoms with Crippen molar-refractivity contribution in [3.63, 3.8) is 0 Å². The van der Waals surface area contributed by atoms with E-state index in [1.54, 1.807) is 14.7 Å². The molecule has 4 aliphatic heterocycles. The van der Waals surface area contributed by atoms with Gasteiger partial charge in [0.1, 0.15) is 17.4 Å². The molecule has 0 saturated carbocycles. The number of aromatic amines is 2. The van der Waals surface area contributed by atoms with E-state index in [1.807, 2.05) is 48.5 Å². The lowest BCUT2D eigenvalue weighted by Gasteiger charge is -2.17. The largest absolute Gasteiger partial charge is 0.396 e. The van der Waals surface area contributed by atoms with Gasteiger partial charge in [-0.3, -0.25) is 23.7 Å². The smallest absolute Gasteiger partial charge is 0.325 e. The van der Waals surface area contributed by atoms with Gasteiger partial charge in [-0.25, -0.2) is 0 Å². The molecule has 4 aliphatic rings. The van der Waals surface area contributed by atoms with Crippen molar-refractivity contribution in [3.05, 3.63) is 82.2 Å². The van der Waals surface area contributed by atoms with E-state index in [-0.39, 0.29) is 43.3 Å². The van der Waals surface area contributed by atoms with Crippen molar-refractivity contribution in [2.75, 3.05) is 66.1 Å². The molecule has 3 aromatic carbocycles. The van der Waals surface area contributed by atoms with Gasteiger partial charge in [-0.2, -0.15) is 0 Å². The molecule has 296 valence electrons. The molecule has 2 atom stereocenters. The molecule has 4 amide bonds. The molecule has 0 aliphatic carbocycles. The molecule has 0 bridgehead atoms. The van der Waals surface area contributed by atoms with E-state index in [2.05, 4.69) is 20.6 Å². The molecule has 2 unspecified atom stereocenters. The van der Waals surface area contributed by atoms with Crippen molar-refractivity contribution < 1.29 is 38.3 Å². The number of aliphatic hydroxyl groups excluding tert-OH is 1. The number of fused-ring (bicyclic) bond motifs is 9. The van der Waals surface area contributed by atoms with Crippen molar-refractivity contribution in [1.29, 1.82) is 0 Å². The van der Waals surface area contributed by atoms with Crippen molar-refractivity contribution >= 4 is 75.8 Å². The summed E-state index contributed by atoms with van der Waals surface area (Å²) in [5.74, 6) is -0.481. The first-order chi connectivity index (χ1) is 27.5. The van der Waals surface area contributed by atoms with E-state index in [4.69, 9.17) is 9.63 Å². The molecule has 57 heavy (non-hydrogen) atoms. The maximum absolute atomic E-state index is 14.1. The van der Waals surface area contributed by atoms with E-state index < -0.39 is 13.6 Å². The number of benzene rings is 3. The second-order valence-corrected chi connectivity index (χ2v) is 17.1. The Bertz CT molecular complexity index is 2540. The first kappa shape index (κ1) is 37.1. The number of H-pyrrole nitrogens is 2. The van der Waals surface area contributed by atoms with Crippen LogP contribution in [0.2, 0.25) is 0 Å². The summed E-state index contributed by atoms with van der Waals surface area (Å²) in [5, 5.41) is 17.1. The highest BCUT2D eigenvalue weighted by Gasteiger charge is 2.36. The summed E-state index contributed by atoms with van der Waals surface area (Å²) in [4.78, 5) is 75.2. The second kappa shape index (κ2) is 14.5. The van der Waals surface area contributed by atoms with Crippen LogP contribution in [-0.4, -0.2) is 95.7 Å². The molecule has 5 aromatic rings. The number of aromatic nitrogens is 2. The van der Waals surface area contributed by atoms with Crippen LogP contribution in [0.15, 0.2) is 48.5 Å². The molecule has 16 heteroatoms. The van der Waals surface area contributed by atoms with Crippen LogP contribution in [0.5, 0.6) is 0 Å². The first-order valence-electron chi connectivity index (χ1n) is 19.5. The van der Waals surface area contributed by atoms with Gasteiger partial charge < -0.3 is 49.8 Å². The summed E-state index contributed by atoms with van der Waals surface area (Å²) in [6.07, 6.45) is 3.54. The number of carbonyl (C=O) groups excluding carboxylic acids is 4. The van der Waals surface area contributed by atoms with Gasteiger partial charge in [0.2, 0.25) is 11.8 Å². The number of carbonyl (C=O) groups is 4. The molecule has 9 rings (SSSR count). The van der Waals surface area contributed by atoms with Gasteiger partial charge in [0.15, 0.2) is 0 Å². The van der Waals surface area contributed by atoms with Gasteiger partial charge >= 0.3 is 7.60 Å². The van der Waals surface area contributed by atoms with Crippen molar-refractivity contribution in [1.82, 2.24) is 15.3 Å². The molecule has 0 radical (unpaired) electrons. The summed E-state index contributed by atoms with van der Waals surface area (Å²) in [6.45, 7) is 3.13. The van der Waals surface area contributed by atoms with Crippen LogP contribution < -0.4 is 25.3 Å². The average Bonchev–Trinajstić information content (AvgIpc) is 4.04. The predicted molar refractivity (Wildman–Crippen MR) is 217 cm³/mol. The SMILES string of the molecule is CP(=O)(O)OCCCC(=O)N1CCc2c1ccc1[nH]c(C(=O)N3CCc4c3ccc3[nH]c(C(=O)N5CCc6c5ccc5c6CC(C(=O)NCCCO)N5)cc43)cc21. The van der Waals surface area contributed by atoms with E-state index in [0.717, 1.165) is 73.5 Å². The van der Waals surface area contributed by atoms with Gasteiger partial charge in [0.05, 0.1) is 6.61 Å². The van der Waals surface area contributed by atoms with Crippen LogP contribution >= 0.6 is 7.60 Å². The van der Waals surface area contributed by atoms with Crippen LogP contribution in [0.1, 0.15) is 62.5 Å². The number of nitrogens with zero attached hydrogens (tertiary/aromatic N) is 3. The van der Waals surface area contributed by atoms with Crippen LogP contribution in [0, 0.1) is 0 Å². The number of rotatable bonds is 11. The number of amides is 4. The Balaban J connectivity index is 0.902. The minimum atomic E-state index is -3.59. The summed E-state index contributed by atoms with van der Waals surface area (Å²) in [5.41, 5.74) is 10.1. The third kappa shape index (κ3) is 6.67. The highest BCUT2D eigenvalue weighted by Crippen LogP contribution is 2.42. The Kier molecular flexibility index (Phi) is 9.43. The predicted octanol–water partition coefficient (Wildman–Crippen LogP) is 4.39. The zero-order chi connectivity index (χ0) is 39.6. The maximum Gasteiger partial charge on any atom is 0.325 e. The topological polar surface area (TPSA) is 200 Å². The van der Waals surface area contributed by atoms with Gasteiger partial charge in [0.25, 0.3) is 11.8 Å². The van der Waals surface area contributed by atoms with Crippen LogP contribution in [0.25, 0.3) is 21.8 Å². The Labute approximate surface area is 327 Å². The average molecular weight is 794 g/mol. The maximum atomic E-state index is 14.1. The molecule has 0 spiro atoms. The fourth-order valence-corrected chi connectivity index (χ4v) is 9.43. The fourth-order valence-electron chi connectivity index (χ4n) is 8.96. The van der Waals surface area contributed by atoms with Crippen molar-refractivity contribution in [2.24, 2.45) is 0 Å². The minimum Gasteiger partial charge on any atom is -0.396 e. The van der Waals surface area contributed by atoms with Gasteiger partial charge in [-0.1, -0.05) is 0 Å². The van der Waals surface area contributed by atoms with Crippen molar-refractivity contribution in [3.8, 4) is 0 Å². The molecular formula is C41H44N7O8P. The van der Waals surface area contributed by atoms with Crippen LogP contribution in [0.4, 0.5) is 22.7 Å². The third-order valence-electron chi connectivity index (χ3n) is 11.6. The molecule has 0 saturated heterocycles. The van der Waals surface area contributed by atoms with Gasteiger partial charge in [-0.05, 0) is 103 Å². The lowest BCUT2D eigenvalue weighted by Crippen LogP contribution is -2.39. The number of anilines is 4. The fraction of sp³-hybridized carbons (Fsp3) is 0.366. The Morgan fingerprint density at radius 2 is 1.35 bits per heavy atom. The van der Waals surface area contributed by atoms with Gasteiger partial charge in [0, 0.05) is 96.8 Å². The number of hydrogen-bond donors (Lipinski definition) is 6. The highest BCUT2D eigenvalue weighted by molar-refractivity contribution is 7.51. The van der Waals surface area contributed by atoms with E-state index in [9.17, 15) is 28.6 Å². The lowest BCUT2D eigenvalue weighted by molar-refractivity contribution is -0.121. The number of aliphatic hydroxyl groups is 1. The normalized spacial score (nSPS) is 17.7. The summed E-state index contributed by atoms with van der Waals surface area (Å²) in [7, 11) is -3.59. The number of hydrogen-bond acceptors (Lipinski definition) is 8. The second-order valence-electron chi connectivity index (χ2n) is 15.2. The molecule has 0 fully saturated rings. The minimum absolute atomic E-state index is 0.0213. The molecule has 6 heterocycles. The monoisotopic (exact) mass is 793 g/mol. The number of nitrogens with one attached hydrogen (secondary N) is 4. The Hall–Kier alpha value is -5.47. The van der Waals surface area contributed by atoms with E-state index in [0.29, 0.717) is 76.1 Å². The molecule has 15 nitrogen and oxygen atoms in total. The molecule has 6 N–H and O–H groups in total. The third-order valence-corrected chi connectivity index (χ3v) is 12.3. The molecular weight excluding hydrogens is 749 g/mol. The quantitative estimate of drug-likeness (QED) is 0.0829. The summed E-state index contributed by atoms with van der Waals surface area (Å²) in [6, 6.07) is 14.9. The zero-order valence-electron chi connectivity index (χ0n) is 31.5. The standard InChI is InChI=1S/C41H44N7O8P/c1-57(54,55)56-19-2-4-38(50)46-15-11-23-27-21-33(44-30(27)5-8-35(23)46)40(52)48-17-13-25-28-22-34(45-31(28)7-10-37(25)48)41(53)47-16-12-24-26-20-32(39(51)42-14-3-18-49)43-29(26)6-9-36(24)47/h5-10,21-22,32,43-45,49H,2-4,11-20H2,1H3,(H,42,51)(H,54,55). The molecule has 2 aromatic heterocycles. The summed E-state index contributed by atoms with van der Waals surface area (Å²) < 4.78 is 16.3. The highest BCUT2D eigenvalue weighted by atomic mass is 31.2. The zero-order valence-corrected chi connectivity index (χ0v) is 32.4. The summed E-state index contributed by atoms with van der Waals surface area (Å²) >= 11 is 0. The van der Waals surface area contributed by atoms with Gasteiger partial charge in [-0.15, -0.1) is 0 Å². The van der Waals surface area contributed by atoms with Crippen molar-refractivity contribution in [2.45, 2.75) is 51.0 Å². The van der Waals surface area contributed by atoms with E-state index in [1.165, 1.54) is 0 Å². The first-order valence-corrected chi connectivity index (χ1v) is 21.5. The Morgan fingerprint density at radius 3 is 1.96 bits per heavy atom. The van der Waals surface area contributed by atoms with E-state index >= 15 is 0 Å². The van der Waals surface area contributed by atoms with Crippen LogP contribution in [-0.2, 0) is 44.4 Å².